The molecule has 152 valence electrons. The van der Waals surface area contributed by atoms with Crippen LogP contribution < -0.4 is 10.6 Å². The summed E-state index contributed by atoms with van der Waals surface area (Å²) in [4.78, 5) is 34.8. The number of halogens is 7. The highest BCUT2D eigenvalue weighted by Crippen LogP contribution is 2.38. The molecule has 3 amide bonds. The maximum Gasteiger partial charge on any atom is 0.405 e. The molecule has 0 radical (unpaired) electrons. The lowest BCUT2D eigenvalue weighted by Crippen LogP contribution is -2.50. The zero-order valence-corrected chi connectivity index (χ0v) is 14.0. The lowest BCUT2D eigenvalue weighted by molar-refractivity contribution is -0.188. The van der Waals surface area contributed by atoms with Gasteiger partial charge in [0.15, 0.2) is 0 Å². The van der Waals surface area contributed by atoms with Crippen molar-refractivity contribution in [3.63, 3.8) is 0 Å². The molecule has 3 N–H and O–H groups in total. The van der Waals surface area contributed by atoms with Gasteiger partial charge >= 0.3 is 24.4 Å². The molecule has 1 unspecified atom stereocenters. The monoisotopic (exact) mass is 415 g/mol. The molecule has 0 spiro atoms. The van der Waals surface area contributed by atoms with Gasteiger partial charge in [-0.1, -0.05) is 0 Å². The van der Waals surface area contributed by atoms with Gasteiger partial charge < -0.3 is 10.4 Å². The van der Waals surface area contributed by atoms with Crippen LogP contribution in [0.25, 0.3) is 0 Å². The summed E-state index contributed by atoms with van der Waals surface area (Å²) in [7, 11) is 0. The minimum atomic E-state index is -4.79. The third-order valence-electron chi connectivity index (χ3n) is 3.70. The van der Waals surface area contributed by atoms with Gasteiger partial charge in [-0.2, -0.15) is 26.3 Å². The first-order valence-corrected chi connectivity index (χ1v) is 6.91. The second-order valence-electron chi connectivity index (χ2n) is 5.51. The van der Waals surface area contributed by atoms with E-state index in [1.54, 1.807) is 5.32 Å². The molecule has 1 saturated heterocycles. The molecule has 0 saturated carbocycles. The van der Waals surface area contributed by atoms with Crippen LogP contribution in [0.4, 0.5) is 31.1 Å². The van der Waals surface area contributed by atoms with Crippen LogP contribution in [0.2, 0.25) is 0 Å². The minimum absolute atomic E-state index is 0. The van der Waals surface area contributed by atoms with Gasteiger partial charge in [-0.3, -0.25) is 19.8 Å². The number of rotatable bonds is 4. The van der Waals surface area contributed by atoms with Gasteiger partial charge in [0, 0.05) is 13.1 Å². The summed E-state index contributed by atoms with van der Waals surface area (Å²) in [6, 6.07) is -2.80. The number of carboxylic acids is 1. The number of nitrogens with one attached hydrogen (secondary N) is 2. The average Bonchev–Trinajstić information content (AvgIpc) is 2.89. The van der Waals surface area contributed by atoms with Gasteiger partial charge in [0.2, 0.25) is 5.91 Å². The number of carboxylic acid groups (broad SMARTS) is 1. The predicted octanol–water partition coefficient (Wildman–Crippen LogP) is 1.38. The molecule has 3 atom stereocenters. The molecule has 0 bridgehead atoms. The van der Waals surface area contributed by atoms with Crippen LogP contribution in [0.1, 0.15) is 6.92 Å². The van der Waals surface area contributed by atoms with E-state index in [9.17, 15) is 40.7 Å². The Bertz CT molecular complexity index is 542. The lowest BCUT2D eigenvalue weighted by atomic mass is 9.96. The molecular formula is C12H16ClF6N3O4. The summed E-state index contributed by atoms with van der Waals surface area (Å²) < 4.78 is 74.4. The fraction of sp³-hybridized carbons (Fsp3) is 0.750. The number of nitrogens with zero attached hydrogens (tertiary/aromatic N) is 1. The number of imide groups is 1. The van der Waals surface area contributed by atoms with Gasteiger partial charge in [-0.25, -0.2) is 4.79 Å². The smallest absolute Gasteiger partial charge is 0.405 e. The number of carbonyl (C=O) groups excluding carboxylic acids is 2. The first-order chi connectivity index (χ1) is 11.2. The predicted molar refractivity (Wildman–Crippen MR) is 76.6 cm³/mol. The van der Waals surface area contributed by atoms with Crippen LogP contribution in [0.5, 0.6) is 0 Å². The standard InChI is InChI=1S/C12H15F6N3O4.ClH/c1-5(8(22)20-10(25)19-4-11(13,14)15)21-2-6(9(23)24)7(3-21)12(16,17)18;/h5-7H,2-4H2,1H3,(H,23,24)(H2,19,20,22,25);1H/t5?,6-,7-;/m1./s1. The Hall–Kier alpha value is -1.76. The quantitative estimate of drug-likeness (QED) is 0.603. The Morgan fingerprint density at radius 3 is 2.08 bits per heavy atom. The van der Waals surface area contributed by atoms with Crippen LogP contribution >= 0.6 is 12.4 Å². The Labute approximate surface area is 149 Å². The topological polar surface area (TPSA) is 98.7 Å². The van der Waals surface area contributed by atoms with E-state index in [-0.39, 0.29) is 12.4 Å². The first kappa shape index (κ1) is 24.2. The largest absolute Gasteiger partial charge is 0.481 e. The average molecular weight is 416 g/mol. The summed E-state index contributed by atoms with van der Waals surface area (Å²) >= 11 is 0. The molecular weight excluding hydrogens is 400 g/mol. The van der Waals surface area contributed by atoms with Crippen molar-refractivity contribution in [3.8, 4) is 0 Å². The molecule has 1 aliphatic heterocycles. The number of hydrogen-bond acceptors (Lipinski definition) is 4. The number of hydrogen-bond donors (Lipinski definition) is 3. The molecule has 0 aromatic rings. The molecule has 0 aliphatic carbocycles. The van der Waals surface area contributed by atoms with Crippen LogP contribution in [-0.2, 0) is 9.59 Å². The van der Waals surface area contributed by atoms with Gasteiger partial charge in [-0.05, 0) is 6.92 Å². The Kier molecular flexibility index (Phi) is 8.16. The van der Waals surface area contributed by atoms with Crippen molar-refractivity contribution < 1.29 is 45.8 Å². The number of carbonyl (C=O) groups is 3. The lowest BCUT2D eigenvalue weighted by Gasteiger charge is -2.23. The number of alkyl halides is 6. The SMILES string of the molecule is CC(C(=O)NC(=O)NCC(F)(F)F)N1C[C@@H](C(F)(F)F)[C@H](C(=O)O)C1.Cl. The van der Waals surface area contributed by atoms with Crippen molar-refractivity contribution in [2.75, 3.05) is 19.6 Å². The minimum Gasteiger partial charge on any atom is -0.481 e. The van der Waals surface area contributed by atoms with Crippen molar-refractivity contribution in [1.82, 2.24) is 15.5 Å². The molecule has 1 fully saturated rings. The molecule has 1 heterocycles. The fourth-order valence-corrected chi connectivity index (χ4v) is 2.34. The summed E-state index contributed by atoms with van der Waals surface area (Å²) in [5.74, 6) is -6.80. The van der Waals surface area contributed by atoms with Gasteiger partial charge in [0.05, 0.1) is 17.9 Å². The Morgan fingerprint density at radius 2 is 1.69 bits per heavy atom. The summed E-state index contributed by atoms with van der Waals surface area (Å²) in [6.45, 7) is -1.94. The van der Waals surface area contributed by atoms with Crippen molar-refractivity contribution in [3.05, 3.63) is 0 Å². The second kappa shape index (κ2) is 8.75. The molecule has 7 nitrogen and oxygen atoms in total. The van der Waals surface area contributed by atoms with Crippen LogP contribution in [-0.4, -0.2) is 65.9 Å². The van der Waals surface area contributed by atoms with Gasteiger partial charge in [0.25, 0.3) is 0 Å². The Balaban J connectivity index is 0.00000625. The number of amides is 3. The van der Waals surface area contributed by atoms with Crippen molar-refractivity contribution in [2.45, 2.75) is 25.3 Å². The van der Waals surface area contributed by atoms with E-state index in [2.05, 4.69) is 0 Å². The summed E-state index contributed by atoms with van der Waals surface area (Å²) in [6.07, 6.45) is -9.49. The third-order valence-corrected chi connectivity index (χ3v) is 3.70. The highest BCUT2D eigenvalue weighted by Gasteiger charge is 2.53. The molecule has 1 rings (SSSR count). The summed E-state index contributed by atoms with van der Waals surface area (Å²) in [5.41, 5.74) is 0. The van der Waals surface area contributed by atoms with E-state index >= 15 is 0 Å². The fourth-order valence-electron chi connectivity index (χ4n) is 2.34. The highest BCUT2D eigenvalue weighted by molar-refractivity contribution is 5.96. The van der Waals surface area contributed by atoms with E-state index in [4.69, 9.17) is 5.11 Å². The second-order valence-corrected chi connectivity index (χ2v) is 5.51. The van der Waals surface area contributed by atoms with E-state index in [0.717, 1.165) is 11.8 Å². The maximum atomic E-state index is 12.9. The molecule has 0 aromatic heterocycles. The van der Waals surface area contributed by atoms with E-state index in [1.807, 2.05) is 0 Å². The van der Waals surface area contributed by atoms with Crippen LogP contribution in [0, 0.1) is 11.8 Å². The highest BCUT2D eigenvalue weighted by atomic mass is 35.5. The molecule has 26 heavy (non-hydrogen) atoms. The van der Waals surface area contributed by atoms with E-state index in [0.29, 0.717) is 0 Å². The normalized spacial score (nSPS) is 22.3. The van der Waals surface area contributed by atoms with Crippen molar-refractivity contribution >= 4 is 30.3 Å². The Morgan fingerprint density at radius 1 is 1.15 bits per heavy atom. The van der Waals surface area contributed by atoms with E-state index in [1.165, 1.54) is 5.32 Å². The number of likely N-dealkylation sites (tertiary alicyclic amines) is 1. The van der Waals surface area contributed by atoms with E-state index < -0.39 is 67.8 Å². The molecule has 1 aliphatic rings. The number of urea groups is 1. The molecule has 0 aromatic carbocycles. The summed E-state index contributed by atoms with van der Waals surface area (Å²) in [5, 5.41) is 11.8. The maximum absolute atomic E-state index is 12.9. The first-order valence-electron chi connectivity index (χ1n) is 6.91. The van der Waals surface area contributed by atoms with Crippen LogP contribution in [0.15, 0.2) is 0 Å². The zero-order valence-electron chi connectivity index (χ0n) is 13.1. The van der Waals surface area contributed by atoms with Crippen LogP contribution in [0.3, 0.4) is 0 Å². The van der Waals surface area contributed by atoms with Crippen molar-refractivity contribution in [2.24, 2.45) is 11.8 Å². The third kappa shape index (κ3) is 6.86. The molecule has 14 heteroatoms. The van der Waals surface area contributed by atoms with Gasteiger partial charge in [-0.15, -0.1) is 12.4 Å². The number of aliphatic carboxylic acids is 1. The zero-order chi connectivity index (χ0) is 19.6. The van der Waals surface area contributed by atoms with Gasteiger partial charge in [0.1, 0.15) is 6.54 Å². The van der Waals surface area contributed by atoms with Crippen molar-refractivity contribution in [1.29, 1.82) is 0 Å².